The van der Waals surface area contributed by atoms with E-state index in [1.165, 1.54) is 6.07 Å². The van der Waals surface area contributed by atoms with Gasteiger partial charge in [0.2, 0.25) is 0 Å². The van der Waals surface area contributed by atoms with E-state index < -0.39 is 19.0 Å². The van der Waals surface area contributed by atoms with Crippen LogP contribution >= 0.6 is 11.6 Å². The van der Waals surface area contributed by atoms with Crippen molar-refractivity contribution in [2.45, 2.75) is 18.2 Å². The van der Waals surface area contributed by atoms with Gasteiger partial charge in [-0.05, 0) is 6.07 Å². The first-order valence-corrected chi connectivity index (χ1v) is 4.93. The van der Waals surface area contributed by atoms with Crippen LogP contribution in [0.25, 0.3) is 0 Å². The zero-order chi connectivity index (χ0) is 12.2. The molecule has 0 aromatic heterocycles. The summed E-state index contributed by atoms with van der Waals surface area (Å²) in [6.07, 6.45) is -3.74. The molecule has 0 amide bonds. The van der Waals surface area contributed by atoms with Crippen LogP contribution in [0.15, 0.2) is 24.3 Å². The van der Waals surface area contributed by atoms with Crippen LogP contribution in [0.5, 0.6) is 5.75 Å². The van der Waals surface area contributed by atoms with E-state index in [1.54, 1.807) is 18.2 Å². The quantitative estimate of drug-likeness (QED) is 0.576. The molecular formula is C10H9ClF4O. The predicted octanol–water partition coefficient (Wildman–Crippen LogP) is 3.70. The lowest BCUT2D eigenvalue weighted by atomic mass is 10.2. The maximum atomic E-state index is 12.6. The molecule has 1 aromatic rings. The summed E-state index contributed by atoms with van der Waals surface area (Å²) in [4.78, 5) is 0. The molecule has 0 unspecified atom stereocenters. The standard InChI is InChI=1S/C10H9ClF4O/c11-5-7-3-1-2-4-8(7)16-6-10(14,15)9(12)13/h1-4,9H,5-6H2. The molecule has 0 aliphatic heterocycles. The van der Waals surface area contributed by atoms with Gasteiger partial charge in [0.25, 0.3) is 0 Å². The Labute approximate surface area is 95.0 Å². The molecule has 0 aliphatic rings. The molecular weight excluding hydrogens is 248 g/mol. The van der Waals surface area contributed by atoms with E-state index >= 15 is 0 Å². The Bertz CT molecular complexity index is 343. The van der Waals surface area contributed by atoms with E-state index in [4.69, 9.17) is 11.6 Å². The minimum Gasteiger partial charge on any atom is -0.487 e. The molecule has 0 saturated heterocycles. The van der Waals surface area contributed by atoms with Crippen LogP contribution in [0.3, 0.4) is 0 Å². The maximum Gasteiger partial charge on any atom is 0.340 e. The van der Waals surface area contributed by atoms with Crippen molar-refractivity contribution in [3.63, 3.8) is 0 Å². The Hall–Kier alpha value is -0.970. The highest BCUT2D eigenvalue weighted by Crippen LogP contribution is 2.26. The lowest BCUT2D eigenvalue weighted by molar-refractivity contribution is -0.148. The Morgan fingerprint density at radius 2 is 1.88 bits per heavy atom. The van der Waals surface area contributed by atoms with Crippen LogP contribution in [-0.4, -0.2) is 19.0 Å². The topological polar surface area (TPSA) is 9.23 Å². The minimum absolute atomic E-state index is 0.0659. The maximum absolute atomic E-state index is 12.6. The number of para-hydroxylation sites is 1. The molecule has 0 bridgehead atoms. The van der Waals surface area contributed by atoms with Gasteiger partial charge in [-0.3, -0.25) is 0 Å². The second-order valence-electron chi connectivity index (χ2n) is 3.09. The molecule has 6 heteroatoms. The first-order chi connectivity index (χ1) is 7.47. The van der Waals surface area contributed by atoms with Crippen molar-refractivity contribution in [3.05, 3.63) is 29.8 Å². The summed E-state index contributed by atoms with van der Waals surface area (Å²) >= 11 is 5.53. The van der Waals surface area contributed by atoms with Gasteiger partial charge in [-0.15, -0.1) is 11.6 Å². The number of hydrogen-bond donors (Lipinski definition) is 0. The fraction of sp³-hybridized carbons (Fsp3) is 0.400. The molecule has 1 rings (SSSR count). The van der Waals surface area contributed by atoms with Crippen molar-refractivity contribution in [1.82, 2.24) is 0 Å². The second-order valence-corrected chi connectivity index (χ2v) is 3.36. The lowest BCUT2D eigenvalue weighted by Gasteiger charge is -2.17. The van der Waals surface area contributed by atoms with Crippen molar-refractivity contribution < 1.29 is 22.3 Å². The number of halogens is 5. The second kappa shape index (κ2) is 5.39. The lowest BCUT2D eigenvalue weighted by Crippen LogP contribution is -2.33. The summed E-state index contributed by atoms with van der Waals surface area (Å²) in [5.74, 6) is -3.99. The number of ether oxygens (including phenoxy) is 1. The normalized spacial score (nSPS) is 11.9. The van der Waals surface area contributed by atoms with E-state index in [0.717, 1.165) is 0 Å². The zero-order valence-electron chi connectivity index (χ0n) is 8.10. The van der Waals surface area contributed by atoms with Gasteiger partial charge in [0.1, 0.15) is 5.75 Å². The monoisotopic (exact) mass is 256 g/mol. The number of hydrogen-bond acceptors (Lipinski definition) is 1. The molecule has 0 radical (unpaired) electrons. The molecule has 16 heavy (non-hydrogen) atoms. The Balaban J connectivity index is 2.67. The Morgan fingerprint density at radius 1 is 1.25 bits per heavy atom. The molecule has 0 N–H and O–H groups in total. The first-order valence-electron chi connectivity index (χ1n) is 4.40. The third-order valence-electron chi connectivity index (χ3n) is 1.86. The van der Waals surface area contributed by atoms with E-state index in [0.29, 0.717) is 5.56 Å². The zero-order valence-corrected chi connectivity index (χ0v) is 8.85. The van der Waals surface area contributed by atoms with Gasteiger partial charge in [-0.1, -0.05) is 18.2 Å². The van der Waals surface area contributed by atoms with Crippen molar-refractivity contribution in [2.24, 2.45) is 0 Å². The van der Waals surface area contributed by atoms with E-state index in [9.17, 15) is 17.6 Å². The molecule has 1 aromatic carbocycles. The first kappa shape index (κ1) is 13.1. The van der Waals surface area contributed by atoms with Crippen molar-refractivity contribution in [2.75, 3.05) is 6.61 Å². The molecule has 90 valence electrons. The van der Waals surface area contributed by atoms with Crippen LogP contribution in [0.4, 0.5) is 17.6 Å². The van der Waals surface area contributed by atoms with Gasteiger partial charge in [0.05, 0.1) is 5.88 Å². The van der Waals surface area contributed by atoms with Crippen LogP contribution in [-0.2, 0) is 5.88 Å². The summed E-state index contributed by atoms with van der Waals surface area (Å²) in [7, 11) is 0. The van der Waals surface area contributed by atoms with Crippen LogP contribution < -0.4 is 4.74 Å². The van der Waals surface area contributed by atoms with Gasteiger partial charge < -0.3 is 4.74 Å². The average Bonchev–Trinajstić information content (AvgIpc) is 2.26. The minimum atomic E-state index is -4.15. The van der Waals surface area contributed by atoms with Gasteiger partial charge in [0.15, 0.2) is 6.61 Å². The number of alkyl halides is 5. The van der Waals surface area contributed by atoms with E-state index in [1.807, 2.05) is 0 Å². The summed E-state index contributed by atoms with van der Waals surface area (Å²) in [5, 5.41) is 0. The van der Waals surface area contributed by atoms with Crippen molar-refractivity contribution >= 4 is 11.6 Å². The molecule has 0 heterocycles. The summed E-state index contributed by atoms with van der Waals surface area (Å²) in [5.41, 5.74) is 0.481. The highest BCUT2D eigenvalue weighted by atomic mass is 35.5. The summed E-state index contributed by atoms with van der Waals surface area (Å²) in [6, 6.07) is 6.17. The molecule has 0 aliphatic carbocycles. The third-order valence-corrected chi connectivity index (χ3v) is 2.14. The van der Waals surface area contributed by atoms with Gasteiger partial charge in [0, 0.05) is 5.56 Å². The van der Waals surface area contributed by atoms with Crippen LogP contribution in [0, 0.1) is 0 Å². The molecule has 0 saturated carbocycles. The molecule has 0 atom stereocenters. The smallest absolute Gasteiger partial charge is 0.340 e. The van der Waals surface area contributed by atoms with Gasteiger partial charge >= 0.3 is 12.3 Å². The van der Waals surface area contributed by atoms with E-state index in [-0.39, 0.29) is 11.6 Å². The van der Waals surface area contributed by atoms with Crippen LogP contribution in [0.1, 0.15) is 5.56 Å². The largest absolute Gasteiger partial charge is 0.487 e. The Kier molecular flexibility index (Phi) is 4.41. The van der Waals surface area contributed by atoms with Crippen LogP contribution in [0.2, 0.25) is 0 Å². The predicted molar refractivity (Wildman–Crippen MR) is 52.4 cm³/mol. The molecule has 1 nitrogen and oxygen atoms in total. The van der Waals surface area contributed by atoms with Crippen molar-refractivity contribution in [3.8, 4) is 5.75 Å². The van der Waals surface area contributed by atoms with Gasteiger partial charge in [-0.25, -0.2) is 8.78 Å². The SMILES string of the molecule is FC(F)C(F)(F)COc1ccccc1CCl. The Morgan fingerprint density at radius 3 is 2.44 bits per heavy atom. The highest BCUT2D eigenvalue weighted by Gasteiger charge is 2.41. The van der Waals surface area contributed by atoms with Gasteiger partial charge in [-0.2, -0.15) is 8.78 Å². The summed E-state index contributed by atoms with van der Waals surface area (Å²) < 4.78 is 53.4. The fourth-order valence-corrected chi connectivity index (χ4v) is 1.21. The third kappa shape index (κ3) is 3.27. The number of benzene rings is 1. The average molecular weight is 257 g/mol. The number of rotatable bonds is 5. The van der Waals surface area contributed by atoms with E-state index in [2.05, 4.69) is 4.74 Å². The fourth-order valence-electron chi connectivity index (χ4n) is 0.992. The molecule has 0 spiro atoms. The summed E-state index contributed by atoms with van der Waals surface area (Å²) in [6.45, 7) is -1.36. The van der Waals surface area contributed by atoms with Crippen molar-refractivity contribution in [1.29, 1.82) is 0 Å². The highest BCUT2D eigenvalue weighted by molar-refractivity contribution is 6.17. The molecule has 0 fully saturated rings.